The Bertz CT molecular complexity index is 1020. The van der Waals surface area contributed by atoms with Gasteiger partial charge in [0.15, 0.2) is 11.5 Å². The summed E-state index contributed by atoms with van der Waals surface area (Å²) in [7, 11) is 3.16. The molecule has 0 radical (unpaired) electrons. The van der Waals surface area contributed by atoms with Crippen molar-refractivity contribution in [3.63, 3.8) is 0 Å². The van der Waals surface area contributed by atoms with Crippen molar-refractivity contribution in [3.8, 4) is 5.75 Å². The predicted octanol–water partition coefficient (Wildman–Crippen LogP) is 2.82. The van der Waals surface area contributed by atoms with Crippen LogP contribution >= 0.6 is 0 Å². The Kier molecular flexibility index (Phi) is 5.49. The Morgan fingerprint density at radius 3 is 2.71 bits per heavy atom. The van der Waals surface area contributed by atoms with E-state index in [1.807, 2.05) is 32.0 Å². The monoisotopic (exact) mass is 382 g/mol. The summed E-state index contributed by atoms with van der Waals surface area (Å²) in [5.74, 6) is 0.539. The molecule has 0 bridgehead atoms. The highest BCUT2D eigenvalue weighted by Crippen LogP contribution is 2.21. The second-order valence-electron chi connectivity index (χ2n) is 6.42. The van der Waals surface area contributed by atoms with E-state index in [0.29, 0.717) is 11.4 Å². The molecule has 0 saturated carbocycles. The average molecular weight is 382 g/mol. The molecule has 3 aromatic rings. The van der Waals surface area contributed by atoms with Crippen molar-refractivity contribution >= 4 is 17.5 Å². The molecule has 2 N–H and O–H groups in total. The van der Waals surface area contributed by atoms with Crippen LogP contribution in [0.25, 0.3) is 0 Å². The predicted molar refractivity (Wildman–Crippen MR) is 104 cm³/mol. The minimum atomic E-state index is -0.476. The number of ether oxygens (including phenoxy) is 1. The van der Waals surface area contributed by atoms with Gasteiger partial charge >= 0.3 is 0 Å². The van der Waals surface area contributed by atoms with Crippen LogP contribution in [0.15, 0.2) is 40.9 Å². The number of benzene rings is 1. The van der Waals surface area contributed by atoms with Crippen LogP contribution in [0, 0.1) is 13.8 Å². The van der Waals surface area contributed by atoms with Crippen molar-refractivity contribution in [2.45, 2.75) is 20.5 Å². The summed E-state index contributed by atoms with van der Waals surface area (Å²) in [5, 5.41) is 9.19. The number of anilines is 1. The number of carbonyl (C=O) groups excluding carboxylic acids is 2. The van der Waals surface area contributed by atoms with E-state index in [1.165, 1.54) is 11.7 Å². The maximum Gasteiger partial charge on any atom is 0.291 e. The van der Waals surface area contributed by atoms with Gasteiger partial charge in [0.1, 0.15) is 18.1 Å². The first-order chi connectivity index (χ1) is 13.4. The Morgan fingerprint density at radius 2 is 1.96 bits per heavy atom. The zero-order chi connectivity index (χ0) is 20.3. The summed E-state index contributed by atoms with van der Waals surface area (Å²) in [4.78, 5) is 24.3. The van der Waals surface area contributed by atoms with Crippen LogP contribution in [0.3, 0.4) is 0 Å². The third-order valence-corrected chi connectivity index (χ3v) is 4.12. The number of nitrogens with zero attached hydrogens (tertiary/aromatic N) is 2. The number of furan rings is 1. The highest BCUT2D eigenvalue weighted by Gasteiger charge is 2.19. The van der Waals surface area contributed by atoms with Gasteiger partial charge < -0.3 is 19.8 Å². The van der Waals surface area contributed by atoms with Crippen molar-refractivity contribution in [1.29, 1.82) is 0 Å². The molecule has 8 heteroatoms. The normalized spacial score (nSPS) is 10.6. The third kappa shape index (κ3) is 4.22. The minimum absolute atomic E-state index is 0.117. The lowest BCUT2D eigenvalue weighted by Gasteiger charge is -2.08. The molecule has 0 spiro atoms. The zero-order valence-electron chi connectivity index (χ0n) is 16.2. The summed E-state index contributed by atoms with van der Waals surface area (Å²) >= 11 is 0. The van der Waals surface area contributed by atoms with Gasteiger partial charge in [0.25, 0.3) is 11.8 Å². The van der Waals surface area contributed by atoms with Crippen molar-refractivity contribution in [2.75, 3.05) is 12.4 Å². The maximum absolute atomic E-state index is 12.5. The van der Waals surface area contributed by atoms with Crippen molar-refractivity contribution < 1.29 is 18.7 Å². The van der Waals surface area contributed by atoms with Gasteiger partial charge in [-0.25, -0.2) is 0 Å². The highest BCUT2D eigenvalue weighted by molar-refractivity contribution is 6.06. The molecule has 0 aliphatic heterocycles. The molecule has 2 heterocycles. The molecule has 0 aliphatic rings. The van der Waals surface area contributed by atoms with Gasteiger partial charge in [-0.2, -0.15) is 5.10 Å². The van der Waals surface area contributed by atoms with E-state index in [-0.39, 0.29) is 18.1 Å². The van der Waals surface area contributed by atoms with Gasteiger partial charge in [-0.1, -0.05) is 12.1 Å². The molecule has 0 aliphatic carbocycles. The number of aromatic nitrogens is 2. The van der Waals surface area contributed by atoms with E-state index < -0.39 is 11.8 Å². The summed E-state index contributed by atoms with van der Waals surface area (Å²) in [6.07, 6.45) is 1.55. The van der Waals surface area contributed by atoms with Crippen LogP contribution in [-0.2, 0) is 13.7 Å². The van der Waals surface area contributed by atoms with Crippen molar-refractivity contribution in [2.24, 2.45) is 7.05 Å². The van der Waals surface area contributed by atoms with Crippen LogP contribution in [0.4, 0.5) is 5.69 Å². The largest absolute Gasteiger partial charge is 0.485 e. The van der Waals surface area contributed by atoms with E-state index in [1.54, 1.807) is 25.4 Å². The van der Waals surface area contributed by atoms with Gasteiger partial charge in [-0.15, -0.1) is 0 Å². The smallest absolute Gasteiger partial charge is 0.291 e. The number of hydrogen-bond donors (Lipinski definition) is 2. The molecular weight excluding hydrogens is 360 g/mol. The fraction of sp³-hybridized carbons (Fsp3) is 0.250. The first-order valence-corrected chi connectivity index (χ1v) is 8.73. The Hall–Kier alpha value is -3.55. The topological polar surface area (TPSA) is 98.4 Å². The van der Waals surface area contributed by atoms with E-state index >= 15 is 0 Å². The van der Waals surface area contributed by atoms with Crippen LogP contribution in [0.1, 0.15) is 37.9 Å². The first kappa shape index (κ1) is 19.2. The maximum atomic E-state index is 12.5. The van der Waals surface area contributed by atoms with E-state index in [9.17, 15) is 9.59 Å². The lowest BCUT2D eigenvalue weighted by molar-refractivity contribution is 0.0958. The molecular formula is C20H22N4O4. The third-order valence-electron chi connectivity index (χ3n) is 4.12. The number of rotatable bonds is 6. The molecule has 1 aromatic carbocycles. The minimum Gasteiger partial charge on any atom is -0.485 e. The summed E-state index contributed by atoms with van der Waals surface area (Å²) in [6.45, 7) is 4.16. The molecule has 0 unspecified atom stereocenters. The van der Waals surface area contributed by atoms with Gasteiger partial charge in [0.2, 0.25) is 0 Å². The molecule has 0 atom stereocenters. The zero-order valence-corrected chi connectivity index (χ0v) is 16.2. The van der Waals surface area contributed by atoms with Gasteiger partial charge in [-0.05, 0) is 43.2 Å². The number of nitrogens with one attached hydrogen (secondary N) is 2. The second kappa shape index (κ2) is 7.99. The molecule has 28 heavy (non-hydrogen) atoms. The molecule has 2 amide bonds. The fourth-order valence-electron chi connectivity index (χ4n) is 2.64. The van der Waals surface area contributed by atoms with E-state index in [0.717, 1.165) is 16.9 Å². The SMILES string of the molecule is CNC(=O)c1nn(C)cc1NC(=O)c1ccc(COc2cc(C)ccc2C)o1. The lowest BCUT2D eigenvalue weighted by Crippen LogP contribution is -2.21. The molecule has 0 saturated heterocycles. The van der Waals surface area contributed by atoms with E-state index in [4.69, 9.17) is 9.15 Å². The van der Waals surface area contributed by atoms with Crippen molar-refractivity contribution in [3.05, 3.63) is 64.9 Å². The van der Waals surface area contributed by atoms with Gasteiger partial charge in [-0.3, -0.25) is 14.3 Å². The fourth-order valence-corrected chi connectivity index (χ4v) is 2.64. The molecule has 2 aromatic heterocycles. The number of hydrogen-bond acceptors (Lipinski definition) is 5. The van der Waals surface area contributed by atoms with Gasteiger partial charge in [0.05, 0.1) is 5.69 Å². The van der Waals surface area contributed by atoms with Crippen LogP contribution in [-0.4, -0.2) is 28.6 Å². The standard InChI is InChI=1S/C20H22N4O4/c1-12-5-6-13(2)17(9-12)27-11-14-7-8-16(28-14)19(25)22-15-10-24(4)23-18(15)20(26)21-3/h5-10H,11H2,1-4H3,(H,21,26)(H,22,25). The summed E-state index contributed by atoms with van der Waals surface area (Å²) in [6, 6.07) is 9.21. The quantitative estimate of drug-likeness (QED) is 0.683. The number of amides is 2. The van der Waals surface area contributed by atoms with Crippen LogP contribution in [0.2, 0.25) is 0 Å². The second-order valence-corrected chi connectivity index (χ2v) is 6.42. The van der Waals surface area contributed by atoms with Crippen molar-refractivity contribution in [1.82, 2.24) is 15.1 Å². The molecule has 146 valence electrons. The lowest BCUT2D eigenvalue weighted by atomic mass is 10.1. The van der Waals surface area contributed by atoms with Crippen LogP contribution in [0.5, 0.6) is 5.75 Å². The number of aryl methyl sites for hydroxylation is 3. The first-order valence-electron chi connectivity index (χ1n) is 8.73. The highest BCUT2D eigenvalue weighted by atomic mass is 16.5. The summed E-state index contributed by atoms with van der Waals surface area (Å²) in [5.41, 5.74) is 2.55. The molecule has 0 fully saturated rings. The molecule has 8 nitrogen and oxygen atoms in total. The molecule has 3 rings (SSSR count). The van der Waals surface area contributed by atoms with E-state index in [2.05, 4.69) is 15.7 Å². The Morgan fingerprint density at radius 1 is 1.18 bits per heavy atom. The van der Waals surface area contributed by atoms with Crippen LogP contribution < -0.4 is 15.4 Å². The number of carbonyl (C=O) groups is 2. The Balaban J connectivity index is 1.68. The van der Waals surface area contributed by atoms with Gasteiger partial charge in [0, 0.05) is 20.3 Å². The average Bonchev–Trinajstić information content (AvgIpc) is 3.28. The summed E-state index contributed by atoms with van der Waals surface area (Å²) < 4.78 is 12.8. The Labute approximate surface area is 162 Å².